The number of nitrogens with one attached hydrogen (secondary N) is 2. The van der Waals surface area contributed by atoms with Crippen LogP contribution in [0.2, 0.25) is 0 Å². The first-order chi connectivity index (χ1) is 9.52. The quantitative estimate of drug-likeness (QED) is 0.885. The van der Waals surface area contributed by atoms with Gasteiger partial charge in [0.25, 0.3) is 5.91 Å². The molecule has 5 heteroatoms. The van der Waals surface area contributed by atoms with E-state index in [0.717, 1.165) is 25.1 Å². The van der Waals surface area contributed by atoms with Crippen molar-refractivity contribution in [1.29, 1.82) is 0 Å². The summed E-state index contributed by atoms with van der Waals surface area (Å²) >= 11 is 0. The third-order valence-electron chi connectivity index (χ3n) is 3.47. The molecule has 0 radical (unpaired) electrons. The number of hydrogen-bond acceptors (Lipinski definition) is 4. The van der Waals surface area contributed by atoms with Crippen molar-refractivity contribution in [3.05, 3.63) is 24.0 Å². The van der Waals surface area contributed by atoms with Crippen molar-refractivity contribution in [2.45, 2.75) is 45.3 Å². The first-order valence-electron chi connectivity index (χ1n) is 7.14. The molecule has 1 atom stereocenters. The smallest absolute Gasteiger partial charge is 0.255 e. The van der Waals surface area contributed by atoms with Gasteiger partial charge in [0, 0.05) is 31.6 Å². The topological polar surface area (TPSA) is 63.2 Å². The van der Waals surface area contributed by atoms with Crippen molar-refractivity contribution in [1.82, 2.24) is 10.3 Å². The van der Waals surface area contributed by atoms with E-state index >= 15 is 0 Å². The molecule has 110 valence electrons. The van der Waals surface area contributed by atoms with Crippen LogP contribution in [0.4, 0.5) is 5.69 Å². The minimum absolute atomic E-state index is 0.0725. The summed E-state index contributed by atoms with van der Waals surface area (Å²) in [5.74, 6) is -0.0725. The Kier molecular flexibility index (Phi) is 4.60. The molecule has 0 saturated carbocycles. The van der Waals surface area contributed by atoms with Gasteiger partial charge in [-0.25, -0.2) is 0 Å². The van der Waals surface area contributed by atoms with Crippen LogP contribution in [-0.4, -0.2) is 35.7 Å². The lowest BCUT2D eigenvalue weighted by Gasteiger charge is -2.35. The zero-order valence-corrected chi connectivity index (χ0v) is 12.4. The molecule has 5 nitrogen and oxygen atoms in total. The zero-order valence-electron chi connectivity index (χ0n) is 12.4. The van der Waals surface area contributed by atoms with Gasteiger partial charge in [0.1, 0.15) is 0 Å². The molecule has 1 unspecified atom stereocenters. The number of hydrogen-bond donors (Lipinski definition) is 2. The highest BCUT2D eigenvalue weighted by atomic mass is 16.5. The molecule has 1 aliphatic rings. The number of pyridine rings is 1. The molecule has 1 aliphatic heterocycles. The highest BCUT2D eigenvalue weighted by Crippen LogP contribution is 2.24. The third kappa shape index (κ3) is 3.70. The summed E-state index contributed by atoms with van der Waals surface area (Å²) in [4.78, 5) is 16.4. The van der Waals surface area contributed by atoms with Crippen molar-refractivity contribution in [2.75, 3.05) is 18.5 Å². The Balaban J connectivity index is 2.05. The predicted molar refractivity (Wildman–Crippen MR) is 78.9 cm³/mol. The predicted octanol–water partition coefficient (Wildman–Crippen LogP) is 2.20. The standard InChI is InChI=1S/C15H23N3O2/c1-4-17-13-5-7-16-10-12(13)14(19)18-11-6-8-20-15(2,3)9-11/h5,7,10-11H,4,6,8-9H2,1-3H3,(H,16,17)(H,18,19). The fourth-order valence-electron chi connectivity index (χ4n) is 2.54. The van der Waals surface area contributed by atoms with Crippen LogP contribution < -0.4 is 10.6 Å². The van der Waals surface area contributed by atoms with Crippen LogP contribution in [0.5, 0.6) is 0 Å². The molecule has 1 aromatic heterocycles. The maximum atomic E-state index is 12.4. The number of amides is 1. The Labute approximate surface area is 120 Å². The summed E-state index contributed by atoms with van der Waals surface area (Å²) in [7, 11) is 0. The Morgan fingerprint density at radius 3 is 3.05 bits per heavy atom. The van der Waals surface area contributed by atoms with E-state index in [1.165, 1.54) is 0 Å². The van der Waals surface area contributed by atoms with Crippen molar-refractivity contribution < 1.29 is 9.53 Å². The lowest BCUT2D eigenvalue weighted by Crippen LogP contribution is -2.45. The number of rotatable bonds is 4. The molecule has 1 amide bonds. The number of aromatic nitrogens is 1. The van der Waals surface area contributed by atoms with Crippen LogP contribution in [0.1, 0.15) is 44.0 Å². The van der Waals surface area contributed by atoms with E-state index < -0.39 is 0 Å². The Morgan fingerprint density at radius 1 is 1.55 bits per heavy atom. The van der Waals surface area contributed by atoms with Gasteiger partial charge < -0.3 is 15.4 Å². The molecule has 0 bridgehead atoms. The highest BCUT2D eigenvalue weighted by Gasteiger charge is 2.30. The summed E-state index contributed by atoms with van der Waals surface area (Å²) < 4.78 is 5.67. The van der Waals surface area contributed by atoms with E-state index in [1.54, 1.807) is 12.4 Å². The lowest BCUT2D eigenvalue weighted by atomic mass is 9.94. The van der Waals surface area contributed by atoms with Crippen molar-refractivity contribution >= 4 is 11.6 Å². The Morgan fingerprint density at radius 2 is 2.35 bits per heavy atom. The summed E-state index contributed by atoms with van der Waals surface area (Å²) in [6.07, 6.45) is 4.98. The van der Waals surface area contributed by atoms with E-state index in [9.17, 15) is 4.79 Å². The molecular formula is C15H23N3O2. The lowest BCUT2D eigenvalue weighted by molar-refractivity contribution is -0.0615. The Bertz CT molecular complexity index is 474. The largest absolute Gasteiger partial charge is 0.385 e. The van der Waals surface area contributed by atoms with Crippen LogP contribution >= 0.6 is 0 Å². The fraction of sp³-hybridized carbons (Fsp3) is 0.600. The molecule has 1 aromatic rings. The molecule has 0 spiro atoms. The summed E-state index contributed by atoms with van der Waals surface area (Å²) in [6, 6.07) is 1.98. The normalized spacial score (nSPS) is 21.2. The molecule has 1 saturated heterocycles. The van der Waals surface area contributed by atoms with Crippen molar-refractivity contribution in [3.63, 3.8) is 0 Å². The molecule has 20 heavy (non-hydrogen) atoms. The molecule has 2 N–H and O–H groups in total. The zero-order chi connectivity index (χ0) is 14.6. The van der Waals surface area contributed by atoms with Crippen LogP contribution in [0.25, 0.3) is 0 Å². The maximum Gasteiger partial charge on any atom is 0.255 e. The van der Waals surface area contributed by atoms with Gasteiger partial charge in [0.2, 0.25) is 0 Å². The second kappa shape index (κ2) is 6.22. The number of nitrogens with zero attached hydrogens (tertiary/aromatic N) is 1. The van der Waals surface area contributed by atoms with Gasteiger partial charge in [-0.2, -0.15) is 0 Å². The van der Waals surface area contributed by atoms with Crippen molar-refractivity contribution in [2.24, 2.45) is 0 Å². The van der Waals surface area contributed by atoms with Gasteiger partial charge in [0.15, 0.2) is 0 Å². The van der Waals surface area contributed by atoms with Gasteiger partial charge in [-0.15, -0.1) is 0 Å². The van der Waals surface area contributed by atoms with Crippen LogP contribution in [-0.2, 0) is 4.74 Å². The first kappa shape index (κ1) is 14.8. The number of ether oxygens (including phenoxy) is 1. The van der Waals surface area contributed by atoms with Crippen LogP contribution in [0.3, 0.4) is 0 Å². The Hall–Kier alpha value is -1.62. The second-order valence-electron chi connectivity index (χ2n) is 5.72. The van der Waals surface area contributed by atoms with Crippen molar-refractivity contribution in [3.8, 4) is 0 Å². The van der Waals surface area contributed by atoms with Crippen LogP contribution in [0, 0.1) is 0 Å². The number of anilines is 1. The molecule has 0 aromatic carbocycles. The van der Waals surface area contributed by atoms with E-state index in [0.29, 0.717) is 12.2 Å². The molecule has 2 rings (SSSR count). The first-order valence-corrected chi connectivity index (χ1v) is 7.14. The van der Waals surface area contributed by atoms with E-state index in [-0.39, 0.29) is 17.6 Å². The SMILES string of the molecule is CCNc1ccncc1C(=O)NC1CCOC(C)(C)C1. The average molecular weight is 277 g/mol. The molecule has 2 heterocycles. The minimum atomic E-state index is -0.171. The van der Waals surface area contributed by atoms with Gasteiger partial charge in [-0.1, -0.05) is 0 Å². The second-order valence-corrected chi connectivity index (χ2v) is 5.72. The third-order valence-corrected chi connectivity index (χ3v) is 3.47. The molecular weight excluding hydrogens is 254 g/mol. The molecule has 1 fully saturated rings. The van der Waals surface area contributed by atoms with Gasteiger partial charge in [-0.3, -0.25) is 9.78 Å². The van der Waals surface area contributed by atoms with E-state index in [2.05, 4.69) is 29.5 Å². The summed E-state index contributed by atoms with van der Waals surface area (Å²) in [5, 5.41) is 6.28. The summed E-state index contributed by atoms with van der Waals surface area (Å²) in [6.45, 7) is 7.57. The molecule has 0 aliphatic carbocycles. The van der Waals surface area contributed by atoms with E-state index in [4.69, 9.17) is 4.74 Å². The highest BCUT2D eigenvalue weighted by molar-refractivity contribution is 5.99. The number of carbonyl (C=O) groups excluding carboxylic acids is 1. The monoisotopic (exact) mass is 277 g/mol. The fourth-order valence-corrected chi connectivity index (χ4v) is 2.54. The van der Waals surface area contributed by atoms with Gasteiger partial charge >= 0.3 is 0 Å². The average Bonchev–Trinajstić information content (AvgIpc) is 2.38. The van der Waals surface area contributed by atoms with E-state index in [1.807, 2.05) is 13.0 Å². The minimum Gasteiger partial charge on any atom is -0.385 e. The van der Waals surface area contributed by atoms with Gasteiger partial charge in [-0.05, 0) is 39.7 Å². The maximum absolute atomic E-state index is 12.4. The summed E-state index contributed by atoms with van der Waals surface area (Å²) in [5.41, 5.74) is 1.25. The van der Waals surface area contributed by atoms with Crippen LogP contribution in [0.15, 0.2) is 18.5 Å². The number of carbonyl (C=O) groups is 1. The van der Waals surface area contributed by atoms with Gasteiger partial charge in [0.05, 0.1) is 16.9 Å².